The fraction of sp³-hybridized carbons (Fsp3) is 0.397. The van der Waals surface area contributed by atoms with Crippen molar-refractivity contribution in [2.75, 3.05) is 108 Å². The van der Waals surface area contributed by atoms with Crippen LogP contribution >= 0.6 is 23.5 Å². The first-order valence-electron chi connectivity index (χ1n) is 27.6. The molecule has 4 aliphatic rings. The van der Waals surface area contributed by atoms with Crippen LogP contribution in [0.3, 0.4) is 0 Å². The first kappa shape index (κ1) is 52.2. The van der Waals surface area contributed by atoms with Crippen molar-refractivity contribution in [2.45, 2.75) is 72.9 Å². The van der Waals surface area contributed by atoms with Crippen LogP contribution in [0.5, 0.6) is 23.0 Å². The Kier molecular flexibility index (Phi) is 15.4. The van der Waals surface area contributed by atoms with Gasteiger partial charge >= 0.3 is 0 Å². The molecule has 10 rings (SSSR count). The highest BCUT2D eigenvalue weighted by Crippen LogP contribution is 2.60. The summed E-state index contributed by atoms with van der Waals surface area (Å²) in [6, 6.07) is 42.8. The first-order chi connectivity index (χ1) is 36.7. The van der Waals surface area contributed by atoms with E-state index in [2.05, 4.69) is 182 Å². The van der Waals surface area contributed by atoms with Crippen LogP contribution in [0.1, 0.15) is 116 Å². The number of anilines is 4. The minimum absolute atomic E-state index is 0.0565. The summed E-state index contributed by atoms with van der Waals surface area (Å²) in [5, 5.41) is 0. The van der Waals surface area contributed by atoms with Gasteiger partial charge in [-0.2, -0.15) is 23.5 Å². The standard InChI is InChI=1S/C63H74N6O4S2/c1-9-64(10-2)44-26-30-52-56(40-44)72-57-41-45(65(11-3)12-4)27-31-53(57)62(52)50-24-19-17-22-48(50)60(70)68(62)34-38-74-36-21-37-75-39-35-69-61(71)49-23-18-20-25-51(49)63(69)54-32-28-46(66(13-5)14-6)42-58(54)73-59-43-47(29-33-55(59)63)67(15-7)16-8/h17-20,22-33,40-43H,9-16,21,34-39H2,1-8H3. The number of nitrogens with zero attached hydrogens (tertiary/aromatic N) is 6. The predicted octanol–water partition coefficient (Wildman–Crippen LogP) is 13.3. The van der Waals surface area contributed by atoms with Crippen molar-refractivity contribution in [1.29, 1.82) is 0 Å². The number of thioether (sulfide) groups is 2. The van der Waals surface area contributed by atoms with Gasteiger partial charge in [-0.1, -0.05) is 60.7 Å². The molecule has 6 aromatic carbocycles. The zero-order valence-corrected chi connectivity index (χ0v) is 46.9. The van der Waals surface area contributed by atoms with E-state index >= 15 is 0 Å². The van der Waals surface area contributed by atoms with Crippen molar-refractivity contribution < 1.29 is 19.1 Å². The second-order valence-corrected chi connectivity index (χ2v) is 22.1. The molecule has 75 heavy (non-hydrogen) atoms. The van der Waals surface area contributed by atoms with Gasteiger partial charge < -0.3 is 38.9 Å². The number of fused-ring (bicyclic) bond motifs is 12. The fourth-order valence-corrected chi connectivity index (χ4v) is 14.5. The van der Waals surface area contributed by atoms with E-state index in [9.17, 15) is 9.59 Å². The molecule has 0 atom stereocenters. The highest BCUT2D eigenvalue weighted by molar-refractivity contribution is 8.00. The number of carbonyl (C=O) groups is 2. The molecule has 0 radical (unpaired) electrons. The van der Waals surface area contributed by atoms with E-state index in [0.29, 0.717) is 13.1 Å². The largest absolute Gasteiger partial charge is 0.456 e. The SMILES string of the molecule is CCN(CC)c1ccc2c(c1)Oc1cc(N(CC)CC)ccc1C21c2ccccc2C(=O)N1CCSCCCSCCN1C(=O)c2ccccc2C12c1ccc(N(CC)CC)cc1Oc1cc(N(CC)CC)ccc12. The molecule has 6 aromatic rings. The van der Waals surface area contributed by atoms with Crippen LogP contribution in [-0.2, 0) is 11.1 Å². The molecule has 2 spiro atoms. The Balaban J connectivity index is 0.870. The second-order valence-electron chi connectivity index (χ2n) is 19.6. The van der Waals surface area contributed by atoms with Gasteiger partial charge in [0, 0.05) is 157 Å². The van der Waals surface area contributed by atoms with Crippen molar-refractivity contribution in [3.05, 3.63) is 166 Å². The van der Waals surface area contributed by atoms with Gasteiger partial charge in [-0.25, -0.2) is 0 Å². The van der Waals surface area contributed by atoms with Gasteiger partial charge in [-0.3, -0.25) is 9.59 Å². The maximum atomic E-state index is 14.9. The topological polar surface area (TPSA) is 72.0 Å². The van der Waals surface area contributed by atoms with Crippen LogP contribution in [-0.4, -0.2) is 110 Å². The molecular weight excluding hydrogens is 969 g/mol. The monoisotopic (exact) mass is 1040 g/mol. The Morgan fingerprint density at radius 3 is 0.973 bits per heavy atom. The molecule has 12 heteroatoms. The van der Waals surface area contributed by atoms with Crippen LogP contribution in [0.25, 0.3) is 0 Å². The molecule has 0 aliphatic carbocycles. The summed E-state index contributed by atoms with van der Waals surface area (Å²) < 4.78 is 13.9. The summed E-state index contributed by atoms with van der Waals surface area (Å²) in [5.41, 5.74) is 10.3. The maximum Gasteiger partial charge on any atom is 0.255 e. The second kappa shape index (κ2) is 22.2. The van der Waals surface area contributed by atoms with E-state index in [-0.39, 0.29) is 11.8 Å². The molecule has 4 aliphatic heterocycles. The van der Waals surface area contributed by atoms with Gasteiger partial charge in [0.25, 0.3) is 11.8 Å². The first-order valence-corrected chi connectivity index (χ1v) is 29.9. The number of rotatable bonds is 22. The summed E-state index contributed by atoms with van der Waals surface area (Å²) in [6.45, 7) is 25.7. The molecular formula is C63H74N6O4S2. The molecule has 4 heterocycles. The summed E-state index contributed by atoms with van der Waals surface area (Å²) in [6.07, 6.45) is 1.01. The summed E-state index contributed by atoms with van der Waals surface area (Å²) in [4.78, 5) is 43.4. The van der Waals surface area contributed by atoms with Gasteiger partial charge in [-0.15, -0.1) is 0 Å². The molecule has 10 nitrogen and oxygen atoms in total. The zero-order chi connectivity index (χ0) is 52.4. The third kappa shape index (κ3) is 8.68. The molecule has 0 unspecified atom stereocenters. The number of hydrogen-bond donors (Lipinski definition) is 0. The van der Waals surface area contributed by atoms with Gasteiger partial charge in [0.1, 0.15) is 34.1 Å². The fourth-order valence-electron chi connectivity index (χ4n) is 12.6. The summed E-state index contributed by atoms with van der Waals surface area (Å²) >= 11 is 3.82. The third-order valence-electron chi connectivity index (χ3n) is 16.3. The molecule has 0 N–H and O–H groups in total. The number of amides is 2. The molecule has 2 amide bonds. The van der Waals surface area contributed by atoms with Crippen molar-refractivity contribution in [2.24, 2.45) is 0 Å². The minimum atomic E-state index is -0.840. The normalized spacial score (nSPS) is 14.9. The van der Waals surface area contributed by atoms with E-state index in [0.717, 1.165) is 172 Å². The molecule has 0 saturated carbocycles. The van der Waals surface area contributed by atoms with Crippen molar-refractivity contribution in [3.63, 3.8) is 0 Å². The molecule has 0 aromatic heterocycles. The van der Waals surface area contributed by atoms with E-state index in [1.807, 2.05) is 47.8 Å². The lowest BCUT2D eigenvalue weighted by atomic mass is 9.74. The summed E-state index contributed by atoms with van der Waals surface area (Å²) in [7, 11) is 0. The Labute approximate surface area is 454 Å². The quantitative estimate of drug-likeness (QED) is 0.0614. The van der Waals surface area contributed by atoms with E-state index in [1.54, 1.807) is 0 Å². The van der Waals surface area contributed by atoms with Crippen molar-refractivity contribution in [3.8, 4) is 23.0 Å². The van der Waals surface area contributed by atoms with Crippen molar-refractivity contribution in [1.82, 2.24) is 9.80 Å². The molecule has 392 valence electrons. The van der Waals surface area contributed by atoms with Crippen LogP contribution in [0, 0.1) is 0 Å². The Bertz CT molecular complexity index is 2730. The number of ether oxygens (including phenoxy) is 2. The smallest absolute Gasteiger partial charge is 0.255 e. The average molecular weight is 1040 g/mol. The minimum Gasteiger partial charge on any atom is -0.456 e. The van der Waals surface area contributed by atoms with Gasteiger partial charge in [0.15, 0.2) is 0 Å². The van der Waals surface area contributed by atoms with Crippen molar-refractivity contribution >= 4 is 58.1 Å². The highest BCUT2D eigenvalue weighted by Gasteiger charge is 2.57. The van der Waals surface area contributed by atoms with Crippen LogP contribution in [0.4, 0.5) is 22.7 Å². The van der Waals surface area contributed by atoms with Gasteiger partial charge in [0.2, 0.25) is 0 Å². The molecule has 0 bridgehead atoms. The average Bonchev–Trinajstić information content (AvgIpc) is 3.84. The maximum absolute atomic E-state index is 14.9. The van der Waals surface area contributed by atoms with Gasteiger partial charge in [-0.05, 0) is 121 Å². The molecule has 0 saturated heterocycles. The number of benzene rings is 6. The van der Waals surface area contributed by atoms with Crippen LogP contribution in [0.15, 0.2) is 121 Å². The number of carbonyl (C=O) groups excluding carboxylic acids is 2. The zero-order valence-electron chi connectivity index (χ0n) is 45.3. The highest BCUT2D eigenvalue weighted by atomic mass is 32.2. The van der Waals surface area contributed by atoms with Gasteiger partial charge in [0.05, 0.1) is 0 Å². The lowest BCUT2D eigenvalue weighted by Crippen LogP contribution is -2.48. The van der Waals surface area contributed by atoms with E-state index in [4.69, 9.17) is 9.47 Å². The summed E-state index contributed by atoms with van der Waals surface area (Å²) in [5.74, 6) is 6.82. The Morgan fingerprint density at radius 2 is 0.680 bits per heavy atom. The van der Waals surface area contributed by atoms with E-state index in [1.165, 1.54) is 0 Å². The van der Waals surface area contributed by atoms with Crippen LogP contribution in [0.2, 0.25) is 0 Å². The Morgan fingerprint density at radius 1 is 0.387 bits per heavy atom. The predicted molar refractivity (Wildman–Crippen MR) is 314 cm³/mol. The lowest BCUT2D eigenvalue weighted by Gasteiger charge is -2.45. The Hall–Kier alpha value is -6.24. The van der Waals surface area contributed by atoms with E-state index < -0.39 is 11.1 Å². The van der Waals surface area contributed by atoms with Crippen LogP contribution < -0.4 is 29.1 Å². The third-order valence-corrected chi connectivity index (χ3v) is 18.4. The number of hydrogen-bond acceptors (Lipinski definition) is 10. The molecule has 0 fully saturated rings. The lowest BCUT2D eigenvalue weighted by molar-refractivity contribution is 0.0674.